The van der Waals surface area contributed by atoms with Crippen LogP contribution in [0.1, 0.15) is 16.2 Å². The van der Waals surface area contributed by atoms with Crippen LogP contribution in [0.4, 0.5) is 10.1 Å². The van der Waals surface area contributed by atoms with Crippen LogP contribution >= 0.6 is 0 Å². The zero-order valence-electron chi connectivity index (χ0n) is 10.7. The number of nitrogens with zero attached hydrogens (tertiary/aromatic N) is 3. The Morgan fingerprint density at radius 1 is 1.20 bits per heavy atom. The van der Waals surface area contributed by atoms with Gasteiger partial charge in [-0.3, -0.25) is 9.20 Å². The monoisotopic (exact) mass is 270 g/mol. The molecule has 3 rings (SSSR count). The quantitative estimate of drug-likeness (QED) is 0.778. The lowest BCUT2D eigenvalue weighted by atomic mass is 10.2. The summed E-state index contributed by atoms with van der Waals surface area (Å²) in [7, 11) is 0. The van der Waals surface area contributed by atoms with Gasteiger partial charge in [0.15, 0.2) is 5.65 Å². The van der Waals surface area contributed by atoms with E-state index in [2.05, 4.69) is 15.5 Å². The second-order valence-corrected chi connectivity index (χ2v) is 4.35. The predicted octanol–water partition coefficient (Wildman–Crippen LogP) is 2.43. The van der Waals surface area contributed by atoms with Gasteiger partial charge in [-0.15, -0.1) is 10.2 Å². The minimum atomic E-state index is -0.344. The van der Waals surface area contributed by atoms with Crippen molar-refractivity contribution in [1.82, 2.24) is 14.6 Å². The van der Waals surface area contributed by atoms with Crippen LogP contribution in [0, 0.1) is 12.7 Å². The Bertz CT molecular complexity index is 779. The van der Waals surface area contributed by atoms with Crippen molar-refractivity contribution in [3.63, 3.8) is 0 Å². The van der Waals surface area contributed by atoms with Crippen molar-refractivity contribution in [1.29, 1.82) is 0 Å². The molecule has 0 aliphatic rings. The standard InChI is InChI=1S/C14H11FN4O/c1-9-17-18-13-8-10(6-7-19(9)13)14(20)16-12-4-2-11(15)3-5-12/h2-8H,1H3,(H,16,20). The van der Waals surface area contributed by atoms with Gasteiger partial charge in [0, 0.05) is 17.4 Å². The highest BCUT2D eigenvalue weighted by atomic mass is 19.1. The van der Waals surface area contributed by atoms with E-state index in [0.29, 0.717) is 16.9 Å². The number of carbonyl (C=O) groups is 1. The van der Waals surface area contributed by atoms with Crippen LogP contribution in [0.15, 0.2) is 42.6 Å². The van der Waals surface area contributed by atoms with Crippen LogP contribution in [0.25, 0.3) is 5.65 Å². The summed E-state index contributed by atoms with van der Waals surface area (Å²) in [5, 5.41) is 10.6. The molecule has 5 nitrogen and oxygen atoms in total. The van der Waals surface area contributed by atoms with Crippen molar-refractivity contribution in [2.45, 2.75) is 6.92 Å². The van der Waals surface area contributed by atoms with Gasteiger partial charge in [-0.05, 0) is 43.3 Å². The number of aryl methyl sites for hydroxylation is 1. The average Bonchev–Trinajstić information content (AvgIpc) is 2.82. The summed E-state index contributed by atoms with van der Waals surface area (Å²) < 4.78 is 14.6. The van der Waals surface area contributed by atoms with Gasteiger partial charge in [-0.2, -0.15) is 0 Å². The fourth-order valence-corrected chi connectivity index (χ4v) is 1.89. The van der Waals surface area contributed by atoms with Gasteiger partial charge < -0.3 is 5.32 Å². The topological polar surface area (TPSA) is 59.3 Å². The highest BCUT2D eigenvalue weighted by Gasteiger charge is 2.09. The Morgan fingerprint density at radius 2 is 1.95 bits per heavy atom. The van der Waals surface area contributed by atoms with Crippen molar-refractivity contribution in [3.05, 3.63) is 59.8 Å². The van der Waals surface area contributed by atoms with E-state index in [0.717, 1.165) is 5.82 Å². The van der Waals surface area contributed by atoms with Crippen LogP contribution < -0.4 is 5.32 Å². The van der Waals surface area contributed by atoms with E-state index in [-0.39, 0.29) is 11.7 Å². The molecule has 0 saturated carbocycles. The van der Waals surface area contributed by atoms with Gasteiger partial charge in [-0.25, -0.2) is 4.39 Å². The molecule has 0 aliphatic heterocycles. The zero-order chi connectivity index (χ0) is 14.1. The lowest BCUT2D eigenvalue weighted by Gasteiger charge is -2.05. The first-order valence-electron chi connectivity index (χ1n) is 6.02. The predicted molar refractivity (Wildman–Crippen MR) is 72.1 cm³/mol. The first-order chi connectivity index (χ1) is 9.63. The van der Waals surface area contributed by atoms with Gasteiger partial charge in [0.1, 0.15) is 11.6 Å². The number of nitrogens with one attached hydrogen (secondary N) is 1. The summed E-state index contributed by atoms with van der Waals surface area (Å²) in [5.41, 5.74) is 1.61. The number of amides is 1. The van der Waals surface area contributed by atoms with E-state index in [9.17, 15) is 9.18 Å². The minimum Gasteiger partial charge on any atom is -0.322 e. The summed E-state index contributed by atoms with van der Waals surface area (Å²) in [6, 6.07) is 8.93. The van der Waals surface area contributed by atoms with Crippen molar-refractivity contribution < 1.29 is 9.18 Å². The van der Waals surface area contributed by atoms with Crippen LogP contribution in [-0.2, 0) is 0 Å². The second-order valence-electron chi connectivity index (χ2n) is 4.35. The molecule has 0 saturated heterocycles. The van der Waals surface area contributed by atoms with E-state index in [1.54, 1.807) is 22.7 Å². The number of pyridine rings is 1. The second kappa shape index (κ2) is 4.73. The lowest BCUT2D eigenvalue weighted by Crippen LogP contribution is -2.12. The molecule has 1 aromatic carbocycles. The Labute approximate surface area is 114 Å². The zero-order valence-corrected chi connectivity index (χ0v) is 10.7. The molecule has 2 aromatic heterocycles. The van der Waals surface area contributed by atoms with Gasteiger partial charge in [-0.1, -0.05) is 0 Å². The first kappa shape index (κ1) is 12.3. The molecule has 2 heterocycles. The van der Waals surface area contributed by atoms with Gasteiger partial charge in [0.05, 0.1) is 0 Å². The third-order valence-electron chi connectivity index (χ3n) is 2.94. The molecule has 0 fully saturated rings. The smallest absolute Gasteiger partial charge is 0.255 e. The summed E-state index contributed by atoms with van der Waals surface area (Å²) in [5.74, 6) is 0.133. The summed E-state index contributed by atoms with van der Waals surface area (Å²) >= 11 is 0. The fourth-order valence-electron chi connectivity index (χ4n) is 1.89. The van der Waals surface area contributed by atoms with E-state index in [4.69, 9.17) is 0 Å². The molecular weight excluding hydrogens is 259 g/mol. The Morgan fingerprint density at radius 3 is 2.70 bits per heavy atom. The summed E-state index contributed by atoms with van der Waals surface area (Å²) in [6.07, 6.45) is 1.74. The van der Waals surface area contributed by atoms with E-state index >= 15 is 0 Å². The molecule has 0 spiro atoms. The lowest BCUT2D eigenvalue weighted by molar-refractivity contribution is 0.102. The van der Waals surface area contributed by atoms with Gasteiger partial charge in [0.2, 0.25) is 0 Å². The minimum absolute atomic E-state index is 0.278. The van der Waals surface area contributed by atoms with Crippen molar-refractivity contribution in [2.75, 3.05) is 5.32 Å². The molecule has 20 heavy (non-hydrogen) atoms. The van der Waals surface area contributed by atoms with Gasteiger partial charge in [0.25, 0.3) is 5.91 Å². The van der Waals surface area contributed by atoms with Crippen LogP contribution in [0.2, 0.25) is 0 Å². The molecule has 0 bridgehead atoms. The maximum absolute atomic E-state index is 12.8. The number of hydrogen-bond donors (Lipinski definition) is 1. The third kappa shape index (κ3) is 2.23. The molecule has 0 atom stereocenters. The number of rotatable bonds is 2. The molecule has 0 aliphatic carbocycles. The maximum atomic E-state index is 12.8. The highest BCUT2D eigenvalue weighted by molar-refractivity contribution is 6.04. The SMILES string of the molecule is Cc1nnc2cc(C(=O)Nc3ccc(F)cc3)ccn12. The molecule has 1 amide bonds. The number of aromatic nitrogens is 3. The molecular formula is C14H11FN4O. The van der Waals surface area contributed by atoms with Crippen LogP contribution in [0.5, 0.6) is 0 Å². The third-order valence-corrected chi connectivity index (χ3v) is 2.94. The highest BCUT2D eigenvalue weighted by Crippen LogP contribution is 2.12. The number of halogens is 1. The molecule has 0 unspecified atom stereocenters. The number of benzene rings is 1. The van der Waals surface area contributed by atoms with E-state index in [1.807, 2.05) is 6.92 Å². The normalized spacial score (nSPS) is 10.7. The van der Waals surface area contributed by atoms with Crippen molar-refractivity contribution >= 4 is 17.2 Å². The molecule has 6 heteroatoms. The molecule has 0 radical (unpaired) electrons. The number of carbonyl (C=O) groups excluding carboxylic acids is 1. The number of hydrogen-bond acceptors (Lipinski definition) is 3. The molecule has 3 aromatic rings. The van der Waals surface area contributed by atoms with Crippen LogP contribution in [-0.4, -0.2) is 20.5 Å². The summed E-state index contributed by atoms with van der Waals surface area (Å²) in [4.78, 5) is 12.1. The number of fused-ring (bicyclic) bond motifs is 1. The van der Waals surface area contributed by atoms with Crippen LogP contribution in [0.3, 0.4) is 0 Å². The summed E-state index contributed by atoms with van der Waals surface area (Å²) in [6.45, 7) is 1.83. The largest absolute Gasteiger partial charge is 0.322 e. The van der Waals surface area contributed by atoms with Gasteiger partial charge >= 0.3 is 0 Å². The molecule has 1 N–H and O–H groups in total. The Hall–Kier alpha value is -2.76. The van der Waals surface area contributed by atoms with Crippen molar-refractivity contribution in [3.8, 4) is 0 Å². The Kier molecular flexibility index (Phi) is 2.90. The average molecular weight is 270 g/mol. The molecule has 100 valence electrons. The number of anilines is 1. The maximum Gasteiger partial charge on any atom is 0.255 e. The fraction of sp³-hybridized carbons (Fsp3) is 0.0714. The van der Waals surface area contributed by atoms with Crippen molar-refractivity contribution in [2.24, 2.45) is 0 Å². The first-order valence-corrected chi connectivity index (χ1v) is 6.02. The Balaban J connectivity index is 1.86. The van der Waals surface area contributed by atoms with E-state index < -0.39 is 0 Å². The van der Waals surface area contributed by atoms with E-state index in [1.165, 1.54) is 24.3 Å².